The van der Waals surface area contributed by atoms with Crippen molar-refractivity contribution in [3.63, 3.8) is 0 Å². The van der Waals surface area contributed by atoms with E-state index in [1.807, 2.05) is 38.1 Å². The normalized spacial score (nSPS) is 25.0. The van der Waals surface area contributed by atoms with Gasteiger partial charge in [-0.05, 0) is 44.2 Å². The van der Waals surface area contributed by atoms with Gasteiger partial charge in [-0.25, -0.2) is 15.0 Å². The zero-order valence-corrected chi connectivity index (χ0v) is 16.8. The molecule has 5 nitrogen and oxygen atoms in total. The fourth-order valence-corrected chi connectivity index (χ4v) is 5.87. The average Bonchev–Trinajstić information content (AvgIpc) is 3.16. The molecule has 2 bridgehead atoms. The standard InChI is InChI=1S/C21H22N4OS/c1-11-12(2)27-19(22-11)25-18(26)21-10-9-13(20(21,3)4)16-17(21)24-15-8-6-5-7-14(15)23-16/h5-8,13H,9-10H2,1-4H3,(H,22,25,26). The molecule has 1 saturated carbocycles. The quantitative estimate of drug-likeness (QED) is 0.713. The molecule has 0 radical (unpaired) electrons. The maximum Gasteiger partial charge on any atom is 0.239 e. The van der Waals surface area contributed by atoms with Crippen LogP contribution < -0.4 is 5.32 Å². The number of rotatable bonds is 2. The Kier molecular flexibility index (Phi) is 3.33. The van der Waals surface area contributed by atoms with E-state index in [1.165, 1.54) is 11.3 Å². The van der Waals surface area contributed by atoms with Gasteiger partial charge in [-0.3, -0.25) is 4.79 Å². The first-order chi connectivity index (χ1) is 12.8. The van der Waals surface area contributed by atoms with E-state index < -0.39 is 5.41 Å². The minimum atomic E-state index is -0.655. The molecule has 2 atom stereocenters. The van der Waals surface area contributed by atoms with E-state index in [4.69, 9.17) is 9.97 Å². The summed E-state index contributed by atoms with van der Waals surface area (Å²) in [5, 5.41) is 3.78. The van der Waals surface area contributed by atoms with Crippen LogP contribution in [0.1, 0.15) is 54.6 Å². The third-order valence-electron chi connectivity index (χ3n) is 6.75. The average molecular weight is 379 g/mol. The minimum Gasteiger partial charge on any atom is -0.301 e. The molecule has 27 heavy (non-hydrogen) atoms. The van der Waals surface area contributed by atoms with Gasteiger partial charge < -0.3 is 5.32 Å². The van der Waals surface area contributed by atoms with Crippen LogP contribution in [0, 0.1) is 19.3 Å². The maximum atomic E-state index is 13.6. The van der Waals surface area contributed by atoms with Crippen molar-refractivity contribution in [2.45, 2.75) is 51.9 Å². The second-order valence-corrected chi connectivity index (χ2v) is 9.48. The zero-order valence-electron chi connectivity index (χ0n) is 16.0. The van der Waals surface area contributed by atoms with Crippen molar-refractivity contribution in [3.8, 4) is 0 Å². The molecular weight excluding hydrogens is 356 g/mol. The Bertz CT molecular complexity index is 1080. The van der Waals surface area contributed by atoms with Gasteiger partial charge in [0.05, 0.1) is 33.5 Å². The highest BCUT2D eigenvalue weighted by Crippen LogP contribution is 2.67. The molecule has 2 unspecified atom stereocenters. The summed E-state index contributed by atoms with van der Waals surface area (Å²) < 4.78 is 0. The number of hydrogen-bond donors (Lipinski definition) is 1. The molecule has 1 N–H and O–H groups in total. The summed E-state index contributed by atoms with van der Waals surface area (Å²) in [5.74, 6) is 0.266. The molecule has 0 spiro atoms. The molecule has 2 aliphatic carbocycles. The highest BCUT2D eigenvalue weighted by molar-refractivity contribution is 7.15. The highest BCUT2D eigenvalue weighted by Gasteiger charge is 2.67. The minimum absolute atomic E-state index is 0.00656. The second-order valence-electron chi connectivity index (χ2n) is 8.28. The number of benzene rings is 1. The first-order valence-electron chi connectivity index (χ1n) is 9.37. The Labute approximate surface area is 162 Å². The largest absolute Gasteiger partial charge is 0.301 e. The Morgan fingerprint density at radius 1 is 1.15 bits per heavy atom. The van der Waals surface area contributed by atoms with E-state index in [1.54, 1.807) is 0 Å². The summed E-state index contributed by atoms with van der Waals surface area (Å²) in [6.07, 6.45) is 1.77. The summed E-state index contributed by atoms with van der Waals surface area (Å²) in [6, 6.07) is 7.92. The molecule has 1 amide bonds. The predicted octanol–water partition coefficient (Wildman–Crippen LogP) is 4.50. The number of aromatic nitrogens is 3. The summed E-state index contributed by atoms with van der Waals surface area (Å²) in [4.78, 5) is 29.1. The predicted molar refractivity (Wildman–Crippen MR) is 107 cm³/mol. The van der Waals surface area contributed by atoms with Crippen LogP contribution in [-0.4, -0.2) is 20.9 Å². The SMILES string of the molecule is Cc1nc(NC(=O)C23CCC(c4nc5ccccc5nc42)C3(C)C)sc1C. The fraction of sp³-hybridized carbons (Fsp3) is 0.429. The third kappa shape index (κ3) is 2.05. The van der Waals surface area contributed by atoms with E-state index in [0.29, 0.717) is 5.13 Å². The highest BCUT2D eigenvalue weighted by atomic mass is 32.1. The number of para-hydroxylation sites is 2. The van der Waals surface area contributed by atoms with Gasteiger partial charge in [-0.2, -0.15) is 0 Å². The molecule has 2 aromatic heterocycles. The van der Waals surface area contributed by atoms with E-state index in [-0.39, 0.29) is 17.2 Å². The van der Waals surface area contributed by atoms with Crippen LogP contribution in [0.3, 0.4) is 0 Å². The summed E-state index contributed by atoms with van der Waals surface area (Å²) >= 11 is 1.53. The second kappa shape index (κ2) is 5.35. The van der Waals surface area contributed by atoms with E-state index in [9.17, 15) is 4.79 Å². The van der Waals surface area contributed by atoms with Gasteiger partial charge in [0.1, 0.15) is 0 Å². The summed E-state index contributed by atoms with van der Waals surface area (Å²) in [6.45, 7) is 8.38. The molecule has 138 valence electrons. The number of fused-ring (bicyclic) bond motifs is 6. The lowest BCUT2D eigenvalue weighted by atomic mass is 9.67. The van der Waals surface area contributed by atoms with E-state index >= 15 is 0 Å². The lowest BCUT2D eigenvalue weighted by Gasteiger charge is -2.35. The number of amides is 1. The Balaban J connectivity index is 1.66. The van der Waals surface area contributed by atoms with Crippen LogP contribution in [0.5, 0.6) is 0 Å². The van der Waals surface area contributed by atoms with Crippen molar-refractivity contribution >= 4 is 33.4 Å². The van der Waals surface area contributed by atoms with Gasteiger partial charge in [0.15, 0.2) is 5.13 Å². The molecule has 1 fully saturated rings. The van der Waals surface area contributed by atoms with Crippen LogP contribution in [0.2, 0.25) is 0 Å². The third-order valence-corrected chi connectivity index (χ3v) is 7.74. The van der Waals surface area contributed by atoms with Crippen LogP contribution in [0.4, 0.5) is 5.13 Å². The van der Waals surface area contributed by atoms with Crippen molar-refractivity contribution in [2.24, 2.45) is 5.41 Å². The van der Waals surface area contributed by atoms with Crippen LogP contribution in [0.15, 0.2) is 24.3 Å². The first-order valence-corrected chi connectivity index (χ1v) is 10.2. The molecule has 3 aromatic rings. The van der Waals surface area contributed by atoms with Crippen molar-refractivity contribution in [2.75, 3.05) is 5.32 Å². The number of carbonyl (C=O) groups excluding carboxylic acids is 1. The number of carbonyl (C=O) groups is 1. The first kappa shape index (κ1) is 16.8. The lowest BCUT2D eigenvalue weighted by Crippen LogP contribution is -2.46. The molecular formula is C21H22N4OS. The zero-order chi connectivity index (χ0) is 19.0. The molecule has 1 aromatic carbocycles. The van der Waals surface area contributed by atoms with Crippen LogP contribution in [-0.2, 0) is 10.2 Å². The van der Waals surface area contributed by atoms with Gasteiger partial charge in [0, 0.05) is 10.8 Å². The smallest absolute Gasteiger partial charge is 0.239 e. The number of nitrogens with zero attached hydrogens (tertiary/aromatic N) is 3. The van der Waals surface area contributed by atoms with Gasteiger partial charge in [-0.1, -0.05) is 26.0 Å². The number of hydrogen-bond acceptors (Lipinski definition) is 5. The number of thiazole rings is 1. The molecule has 2 heterocycles. The van der Waals surface area contributed by atoms with Gasteiger partial charge in [0.25, 0.3) is 0 Å². The molecule has 0 saturated heterocycles. The van der Waals surface area contributed by atoms with Crippen molar-refractivity contribution < 1.29 is 4.79 Å². The van der Waals surface area contributed by atoms with Crippen molar-refractivity contribution in [1.29, 1.82) is 0 Å². The Hall–Kier alpha value is -2.34. The monoisotopic (exact) mass is 378 g/mol. The summed E-state index contributed by atoms with van der Waals surface area (Å²) in [7, 11) is 0. The Morgan fingerprint density at radius 2 is 1.85 bits per heavy atom. The summed E-state index contributed by atoms with van der Waals surface area (Å²) in [5.41, 5.74) is 3.72. The van der Waals surface area contributed by atoms with E-state index in [0.717, 1.165) is 45.8 Å². The van der Waals surface area contributed by atoms with Gasteiger partial charge >= 0.3 is 0 Å². The number of nitrogens with one attached hydrogen (secondary N) is 1. The fourth-order valence-electron chi connectivity index (χ4n) is 5.06. The maximum absolute atomic E-state index is 13.6. The Morgan fingerprint density at radius 3 is 2.52 bits per heavy atom. The number of aryl methyl sites for hydroxylation is 2. The molecule has 5 rings (SSSR count). The molecule has 2 aliphatic rings. The van der Waals surface area contributed by atoms with Gasteiger partial charge in [0.2, 0.25) is 5.91 Å². The van der Waals surface area contributed by atoms with Crippen molar-refractivity contribution in [1.82, 2.24) is 15.0 Å². The van der Waals surface area contributed by atoms with E-state index in [2.05, 4.69) is 24.1 Å². The lowest BCUT2D eigenvalue weighted by molar-refractivity contribution is -0.124. The van der Waals surface area contributed by atoms with Crippen LogP contribution >= 0.6 is 11.3 Å². The molecule has 0 aliphatic heterocycles. The van der Waals surface area contributed by atoms with Gasteiger partial charge in [-0.15, -0.1) is 11.3 Å². The van der Waals surface area contributed by atoms with Crippen molar-refractivity contribution in [3.05, 3.63) is 46.2 Å². The molecule has 6 heteroatoms. The number of anilines is 1. The van der Waals surface area contributed by atoms with Crippen LogP contribution in [0.25, 0.3) is 11.0 Å². The topological polar surface area (TPSA) is 67.8 Å².